The van der Waals surface area contributed by atoms with Crippen LogP contribution in [0.5, 0.6) is 0 Å². The molecular formula is C16H29N3O. The Hall–Kier alpha value is -1.13. The molecule has 114 valence electrons. The second kappa shape index (κ2) is 8.93. The summed E-state index contributed by atoms with van der Waals surface area (Å²) in [5.41, 5.74) is 3.60. The molecule has 0 aliphatic rings. The summed E-state index contributed by atoms with van der Waals surface area (Å²) < 4.78 is 5.27. The molecule has 1 aromatic heterocycles. The fraction of sp³-hybridized carbons (Fsp3) is 0.688. The number of anilines is 1. The van der Waals surface area contributed by atoms with Crippen molar-refractivity contribution in [2.45, 2.75) is 46.7 Å². The van der Waals surface area contributed by atoms with Gasteiger partial charge in [-0.05, 0) is 32.9 Å². The number of hydrogen-bond donors (Lipinski definition) is 1. The molecule has 1 heterocycles. The van der Waals surface area contributed by atoms with Crippen molar-refractivity contribution in [2.75, 3.05) is 31.7 Å². The monoisotopic (exact) mass is 279 g/mol. The second-order valence-corrected chi connectivity index (χ2v) is 5.18. The molecule has 0 radical (unpaired) electrons. The molecule has 1 unspecified atom stereocenters. The molecule has 20 heavy (non-hydrogen) atoms. The van der Waals surface area contributed by atoms with Gasteiger partial charge in [-0.2, -0.15) is 0 Å². The zero-order valence-electron chi connectivity index (χ0n) is 13.6. The number of methoxy groups -OCH3 is 1. The van der Waals surface area contributed by atoms with Crippen molar-refractivity contribution in [3.63, 3.8) is 0 Å². The van der Waals surface area contributed by atoms with Crippen LogP contribution in [-0.2, 0) is 11.3 Å². The summed E-state index contributed by atoms with van der Waals surface area (Å²) in [6.07, 6.45) is 3.11. The first kappa shape index (κ1) is 16.9. The highest BCUT2D eigenvalue weighted by atomic mass is 16.5. The smallest absolute Gasteiger partial charge is 0.0637 e. The number of nitrogens with zero attached hydrogens (tertiary/aromatic N) is 2. The van der Waals surface area contributed by atoms with E-state index in [4.69, 9.17) is 4.74 Å². The highest BCUT2D eigenvalue weighted by Crippen LogP contribution is 2.24. The van der Waals surface area contributed by atoms with E-state index in [1.807, 2.05) is 13.1 Å². The fourth-order valence-corrected chi connectivity index (χ4v) is 2.23. The summed E-state index contributed by atoms with van der Waals surface area (Å²) in [6, 6.07) is 2.68. The van der Waals surface area contributed by atoms with Gasteiger partial charge in [0, 0.05) is 49.4 Å². The first-order chi connectivity index (χ1) is 9.63. The maximum absolute atomic E-state index is 5.27. The largest absolute Gasteiger partial charge is 0.383 e. The molecule has 0 aliphatic carbocycles. The fourth-order valence-electron chi connectivity index (χ4n) is 2.23. The normalized spacial score (nSPS) is 12.4. The van der Waals surface area contributed by atoms with Crippen LogP contribution in [-0.4, -0.2) is 37.8 Å². The molecule has 1 rings (SSSR count). The summed E-state index contributed by atoms with van der Waals surface area (Å²) in [6.45, 7) is 12.1. The van der Waals surface area contributed by atoms with Crippen LogP contribution in [0, 0.1) is 6.92 Å². The second-order valence-electron chi connectivity index (χ2n) is 5.18. The van der Waals surface area contributed by atoms with Crippen molar-refractivity contribution >= 4 is 5.69 Å². The van der Waals surface area contributed by atoms with Crippen molar-refractivity contribution < 1.29 is 4.74 Å². The zero-order valence-corrected chi connectivity index (χ0v) is 13.6. The third-order valence-electron chi connectivity index (χ3n) is 3.63. The molecule has 0 spiro atoms. The Morgan fingerprint density at radius 2 is 2.15 bits per heavy atom. The van der Waals surface area contributed by atoms with Crippen LogP contribution in [0.25, 0.3) is 0 Å². The van der Waals surface area contributed by atoms with E-state index in [1.54, 1.807) is 7.11 Å². The van der Waals surface area contributed by atoms with E-state index in [0.29, 0.717) is 6.04 Å². The molecule has 4 heteroatoms. The van der Waals surface area contributed by atoms with Crippen LogP contribution in [0.4, 0.5) is 5.69 Å². The minimum atomic E-state index is 0.493. The first-order valence-corrected chi connectivity index (χ1v) is 7.55. The summed E-state index contributed by atoms with van der Waals surface area (Å²) >= 11 is 0. The predicted molar refractivity (Wildman–Crippen MR) is 85.3 cm³/mol. The maximum atomic E-state index is 5.27. The first-order valence-electron chi connectivity index (χ1n) is 7.55. The molecule has 1 N–H and O–H groups in total. The molecule has 0 aliphatic heterocycles. The average Bonchev–Trinajstić information content (AvgIpc) is 2.46. The van der Waals surface area contributed by atoms with Crippen LogP contribution in [0.15, 0.2) is 12.3 Å². The van der Waals surface area contributed by atoms with Gasteiger partial charge in [0.15, 0.2) is 0 Å². The van der Waals surface area contributed by atoms with Crippen LogP contribution in [0.2, 0.25) is 0 Å². The molecular weight excluding hydrogens is 250 g/mol. The van der Waals surface area contributed by atoms with Gasteiger partial charge in [0.25, 0.3) is 0 Å². The van der Waals surface area contributed by atoms with E-state index in [0.717, 1.165) is 38.4 Å². The predicted octanol–water partition coefficient (Wildman–Crippen LogP) is 2.75. The van der Waals surface area contributed by atoms with E-state index in [-0.39, 0.29) is 0 Å². The van der Waals surface area contributed by atoms with Crippen LogP contribution >= 0.6 is 0 Å². The molecule has 0 saturated carbocycles. The lowest BCUT2D eigenvalue weighted by atomic mass is 10.1. The van der Waals surface area contributed by atoms with Crippen molar-refractivity contribution in [1.29, 1.82) is 0 Å². The molecule has 0 aromatic carbocycles. The quantitative estimate of drug-likeness (QED) is 0.754. The van der Waals surface area contributed by atoms with Gasteiger partial charge in [0.1, 0.15) is 0 Å². The Labute approximate surface area is 123 Å². The van der Waals surface area contributed by atoms with Crippen LogP contribution < -0.4 is 10.2 Å². The van der Waals surface area contributed by atoms with Crippen LogP contribution in [0.3, 0.4) is 0 Å². The standard InChI is InChI=1S/C16H29N3O/c1-6-14(4)19(8-9-20-5)16-10-13(3)18-12-15(16)11-17-7-2/h10,12,14,17H,6-9,11H2,1-5H3. The van der Waals surface area contributed by atoms with Crippen LogP contribution in [0.1, 0.15) is 38.4 Å². The van der Waals surface area contributed by atoms with Crippen molar-refractivity contribution in [1.82, 2.24) is 10.3 Å². The number of hydrogen-bond acceptors (Lipinski definition) is 4. The van der Waals surface area contributed by atoms with Crippen molar-refractivity contribution in [3.8, 4) is 0 Å². The van der Waals surface area contributed by atoms with Crippen molar-refractivity contribution in [3.05, 3.63) is 23.5 Å². The van der Waals surface area contributed by atoms with E-state index in [1.165, 1.54) is 11.3 Å². The number of ether oxygens (including phenoxy) is 1. The maximum Gasteiger partial charge on any atom is 0.0637 e. The highest BCUT2D eigenvalue weighted by Gasteiger charge is 2.16. The van der Waals surface area contributed by atoms with Gasteiger partial charge in [0.2, 0.25) is 0 Å². The number of aromatic nitrogens is 1. The minimum absolute atomic E-state index is 0.493. The molecule has 1 aromatic rings. The minimum Gasteiger partial charge on any atom is -0.383 e. The van der Waals surface area contributed by atoms with Gasteiger partial charge in [-0.15, -0.1) is 0 Å². The Morgan fingerprint density at radius 3 is 2.75 bits per heavy atom. The summed E-state index contributed by atoms with van der Waals surface area (Å²) in [5, 5.41) is 3.39. The van der Waals surface area contributed by atoms with Gasteiger partial charge in [-0.25, -0.2) is 0 Å². The van der Waals surface area contributed by atoms with Gasteiger partial charge >= 0.3 is 0 Å². The molecule has 0 fully saturated rings. The Kier molecular flexibility index (Phi) is 7.55. The van der Waals surface area contributed by atoms with Gasteiger partial charge in [0.05, 0.1) is 6.61 Å². The number of rotatable bonds is 9. The van der Waals surface area contributed by atoms with E-state index < -0.39 is 0 Å². The number of aryl methyl sites for hydroxylation is 1. The molecule has 0 bridgehead atoms. The zero-order chi connectivity index (χ0) is 15.0. The molecule has 1 atom stereocenters. The average molecular weight is 279 g/mol. The number of pyridine rings is 1. The molecule has 0 saturated heterocycles. The lowest BCUT2D eigenvalue weighted by Crippen LogP contribution is -2.36. The van der Waals surface area contributed by atoms with Crippen molar-refractivity contribution in [2.24, 2.45) is 0 Å². The number of nitrogens with one attached hydrogen (secondary N) is 1. The van der Waals surface area contributed by atoms with Gasteiger partial charge < -0.3 is 15.0 Å². The Bertz CT molecular complexity index is 395. The summed E-state index contributed by atoms with van der Waals surface area (Å²) in [4.78, 5) is 6.88. The molecule has 4 nitrogen and oxygen atoms in total. The van der Waals surface area contributed by atoms with Gasteiger partial charge in [-0.1, -0.05) is 13.8 Å². The van der Waals surface area contributed by atoms with E-state index in [9.17, 15) is 0 Å². The topological polar surface area (TPSA) is 37.4 Å². The SMILES string of the molecule is CCNCc1cnc(C)cc1N(CCOC)C(C)CC. The third-order valence-corrected chi connectivity index (χ3v) is 3.63. The lowest BCUT2D eigenvalue weighted by Gasteiger charge is -2.32. The molecule has 0 amide bonds. The third kappa shape index (κ3) is 4.76. The Balaban J connectivity index is 3.04. The lowest BCUT2D eigenvalue weighted by molar-refractivity contribution is 0.203. The van der Waals surface area contributed by atoms with Gasteiger partial charge in [-0.3, -0.25) is 4.98 Å². The summed E-state index contributed by atoms with van der Waals surface area (Å²) in [7, 11) is 1.76. The van der Waals surface area contributed by atoms with E-state index in [2.05, 4.69) is 42.0 Å². The summed E-state index contributed by atoms with van der Waals surface area (Å²) in [5.74, 6) is 0. The highest BCUT2D eigenvalue weighted by molar-refractivity contribution is 5.54. The van der Waals surface area contributed by atoms with E-state index >= 15 is 0 Å². The Morgan fingerprint density at radius 1 is 1.40 bits per heavy atom.